The standard InChI is InChI=1S/C16H16BrFINO/c1-20-14(12-9-11(19)6-7-13(12)17)8-10-4-3-5-15(21-2)16(10)18/h3-7,9,14,20H,8H2,1-2H3. The molecule has 1 unspecified atom stereocenters. The lowest BCUT2D eigenvalue weighted by atomic mass is 9.98. The predicted molar refractivity (Wildman–Crippen MR) is 95.3 cm³/mol. The van der Waals surface area contributed by atoms with E-state index >= 15 is 0 Å². The summed E-state index contributed by atoms with van der Waals surface area (Å²) in [6.45, 7) is 0. The zero-order valence-corrected chi connectivity index (χ0v) is 15.5. The first-order chi connectivity index (χ1) is 10.1. The number of ether oxygens (including phenoxy) is 1. The second kappa shape index (κ2) is 7.56. The molecule has 5 heteroatoms. The van der Waals surface area contributed by atoms with Gasteiger partial charge in [0, 0.05) is 14.1 Å². The van der Waals surface area contributed by atoms with Gasteiger partial charge in [0.25, 0.3) is 0 Å². The quantitative estimate of drug-likeness (QED) is 0.648. The van der Waals surface area contributed by atoms with Crippen LogP contribution in [0.15, 0.2) is 40.9 Å². The van der Waals surface area contributed by atoms with Crippen molar-refractivity contribution in [3.05, 3.63) is 61.4 Å². The van der Waals surface area contributed by atoms with Gasteiger partial charge in [-0.25, -0.2) is 4.39 Å². The van der Waals surface area contributed by atoms with Gasteiger partial charge in [0.15, 0.2) is 11.6 Å². The average Bonchev–Trinajstić information content (AvgIpc) is 2.49. The van der Waals surface area contributed by atoms with Crippen molar-refractivity contribution in [1.82, 2.24) is 5.32 Å². The van der Waals surface area contributed by atoms with Crippen molar-refractivity contribution in [3.63, 3.8) is 0 Å². The maximum absolute atomic E-state index is 14.3. The molecule has 0 aliphatic carbocycles. The molecular weight excluding hydrogens is 448 g/mol. The normalized spacial score (nSPS) is 12.2. The summed E-state index contributed by atoms with van der Waals surface area (Å²) in [4.78, 5) is 0. The summed E-state index contributed by atoms with van der Waals surface area (Å²) in [6, 6.07) is 11.4. The number of hydrogen-bond donors (Lipinski definition) is 1. The summed E-state index contributed by atoms with van der Waals surface area (Å²) in [7, 11) is 3.36. The minimum atomic E-state index is -0.290. The van der Waals surface area contributed by atoms with Crippen molar-refractivity contribution >= 4 is 38.5 Å². The summed E-state index contributed by atoms with van der Waals surface area (Å²) in [5.41, 5.74) is 1.76. The van der Waals surface area contributed by atoms with Gasteiger partial charge in [-0.15, -0.1) is 0 Å². The Morgan fingerprint density at radius 1 is 1.33 bits per heavy atom. The molecule has 0 aliphatic heterocycles. The van der Waals surface area contributed by atoms with E-state index in [1.807, 2.05) is 25.2 Å². The Morgan fingerprint density at radius 3 is 2.76 bits per heavy atom. The molecule has 0 heterocycles. The Balaban J connectivity index is 2.33. The molecule has 2 rings (SSSR count). The molecular formula is C16H16BrFINO. The minimum Gasteiger partial charge on any atom is -0.494 e. The summed E-state index contributed by atoms with van der Waals surface area (Å²) >= 11 is 5.85. The van der Waals surface area contributed by atoms with E-state index in [0.29, 0.717) is 12.0 Å². The van der Waals surface area contributed by atoms with Gasteiger partial charge in [0.1, 0.15) is 0 Å². The minimum absolute atomic E-state index is 0.0238. The fourth-order valence-corrected chi connectivity index (χ4v) is 3.28. The van der Waals surface area contributed by atoms with Gasteiger partial charge in [0.05, 0.1) is 7.11 Å². The largest absolute Gasteiger partial charge is 0.494 e. The van der Waals surface area contributed by atoms with Gasteiger partial charge in [0.2, 0.25) is 0 Å². The van der Waals surface area contributed by atoms with Crippen LogP contribution in [0.1, 0.15) is 17.2 Å². The van der Waals surface area contributed by atoms with Crippen molar-refractivity contribution in [2.24, 2.45) is 0 Å². The first kappa shape index (κ1) is 16.7. The molecule has 0 saturated carbocycles. The Bertz CT molecular complexity index is 636. The van der Waals surface area contributed by atoms with Crippen LogP contribution in [0.5, 0.6) is 5.75 Å². The summed E-state index contributed by atoms with van der Waals surface area (Å²) in [6.07, 6.45) is 0.554. The molecule has 0 saturated heterocycles. The molecule has 2 aromatic rings. The second-order valence-corrected chi connectivity index (χ2v) is 6.74. The molecule has 0 spiro atoms. The molecule has 21 heavy (non-hydrogen) atoms. The average molecular weight is 464 g/mol. The molecule has 0 amide bonds. The number of nitrogens with one attached hydrogen (secondary N) is 1. The summed E-state index contributed by atoms with van der Waals surface area (Å²) in [5, 5.41) is 3.26. The highest BCUT2D eigenvalue weighted by atomic mass is 127. The molecule has 0 aromatic heterocycles. The van der Waals surface area contributed by atoms with Crippen LogP contribution >= 0.6 is 38.5 Å². The third-order valence-corrected chi connectivity index (χ3v) is 4.76. The first-order valence-electron chi connectivity index (χ1n) is 6.50. The third-order valence-electron chi connectivity index (χ3n) is 3.37. The SMILES string of the molecule is CNC(Cc1cccc(OC)c1F)c1cc(I)ccc1Br. The van der Waals surface area contributed by atoms with E-state index in [9.17, 15) is 4.39 Å². The predicted octanol–water partition coefficient (Wildman–Crippen LogP) is 4.70. The Kier molecular flexibility index (Phi) is 6.01. The highest BCUT2D eigenvalue weighted by Crippen LogP contribution is 2.30. The fraction of sp³-hybridized carbons (Fsp3) is 0.250. The number of rotatable bonds is 5. The van der Waals surface area contributed by atoms with Crippen LogP contribution in [0.2, 0.25) is 0 Å². The number of likely N-dealkylation sites (N-methyl/N-ethyl adjacent to an activating group) is 1. The van der Waals surface area contributed by atoms with Crippen molar-refractivity contribution < 1.29 is 9.13 Å². The van der Waals surface area contributed by atoms with Gasteiger partial charge in [-0.1, -0.05) is 28.1 Å². The van der Waals surface area contributed by atoms with Crippen LogP contribution in [-0.4, -0.2) is 14.2 Å². The van der Waals surface area contributed by atoms with Crippen molar-refractivity contribution in [2.45, 2.75) is 12.5 Å². The van der Waals surface area contributed by atoms with Gasteiger partial charge in [-0.05, 0) is 71.5 Å². The van der Waals surface area contributed by atoms with E-state index in [2.05, 4.69) is 49.9 Å². The number of benzene rings is 2. The van der Waals surface area contributed by atoms with Gasteiger partial charge >= 0.3 is 0 Å². The molecule has 1 N–H and O–H groups in total. The van der Waals surface area contributed by atoms with E-state index in [4.69, 9.17) is 4.74 Å². The third kappa shape index (κ3) is 3.96. The Morgan fingerprint density at radius 2 is 2.10 bits per heavy atom. The zero-order chi connectivity index (χ0) is 15.4. The molecule has 0 bridgehead atoms. The Hall–Kier alpha value is -0.660. The smallest absolute Gasteiger partial charge is 0.168 e. The molecule has 2 nitrogen and oxygen atoms in total. The lowest BCUT2D eigenvalue weighted by Gasteiger charge is -2.19. The Labute approximate surface area is 146 Å². The maximum Gasteiger partial charge on any atom is 0.168 e. The van der Waals surface area contributed by atoms with Crippen molar-refractivity contribution in [3.8, 4) is 5.75 Å². The van der Waals surface area contributed by atoms with Crippen LogP contribution in [-0.2, 0) is 6.42 Å². The first-order valence-corrected chi connectivity index (χ1v) is 8.37. The molecule has 112 valence electrons. The van der Waals surface area contributed by atoms with Crippen LogP contribution in [0, 0.1) is 9.39 Å². The highest BCUT2D eigenvalue weighted by Gasteiger charge is 2.17. The van der Waals surface area contributed by atoms with Gasteiger partial charge in [-0.3, -0.25) is 0 Å². The van der Waals surface area contributed by atoms with E-state index < -0.39 is 0 Å². The van der Waals surface area contributed by atoms with Gasteiger partial charge < -0.3 is 10.1 Å². The monoisotopic (exact) mass is 463 g/mol. The summed E-state index contributed by atoms with van der Waals surface area (Å²) in [5.74, 6) is -0.00828. The number of halogens is 3. The molecule has 1 atom stereocenters. The van der Waals surface area contributed by atoms with Crippen LogP contribution in [0.4, 0.5) is 4.39 Å². The number of methoxy groups -OCH3 is 1. The van der Waals surface area contributed by atoms with Crippen molar-refractivity contribution in [2.75, 3.05) is 14.2 Å². The van der Waals surface area contributed by atoms with Crippen LogP contribution in [0.25, 0.3) is 0 Å². The molecule has 0 aliphatic rings. The van der Waals surface area contributed by atoms with E-state index in [0.717, 1.165) is 13.6 Å². The maximum atomic E-state index is 14.3. The van der Waals surface area contributed by atoms with Crippen LogP contribution in [0.3, 0.4) is 0 Å². The summed E-state index contributed by atoms with van der Waals surface area (Å²) < 4.78 is 21.5. The van der Waals surface area contributed by atoms with Crippen molar-refractivity contribution in [1.29, 1.82) is 0 Å². The molecule has 0 radical (unpaired) electrons. The molecule has 0 fully saturated rings. The van der Waals surface area contributed by atoms with E-state index in [1.54, 1.807) is 12.1 Å². The molecule has 2 aromatic carbocycles. The van der Waals surface area contributed by atoms with E-state index in [-0.39, 0.29) is 17.6 Å². The zero-order valence-electron chi connectivity index (χ0n) is 11.8. The highest BCUT2D eigenvalue weighted by molar-refractivity contribution is 14.1. The fourth-order valence-electron chi connectivity index (χ4n) is 2.24. The second-order valence-electron chi connectivity index (χ2n) is 4.64. The lowest BCUT2D eigenvalue weighted by molar-refractivity contribution is 0.383. The number of hydrogen-bond acceptors (Lipinski definition) is 2. The van der Waals surface area contributed by atoms with Gasteiger partial charge in [-0.2, -0.15) is 0 Å². The van der Waals surface area contributed by atoms with Crippen LogP contribution < -0.4 is 10.1 Å². The topological polar surface area (TPSA) is 21.3 Å². The lowest BCUT2D eigenvalue weighted by Crippen LogP contribution is -2.20. The van der Waals surface area contributed by atoms with E-state index in [1.165, 1.54) is 7.11 Å².